The molecule has 2 rings (SSSR count). The lowest BCUT2D eigenvalue weighted by molar-refractivity contribution is -0.113. The Bertz CT molecular complexity index is 686. The number of nitrogens with zero attached hydrogens (tertiary/aromatic N) is 3. The average molecular weight is 307 g/mol. The Kier molecular flexibility index (Phi) is 4.77. The van der Waals surface area contributed by atoms with Crippen LogP contribution in [0.4, 0.5) is 5.69 Å². The number of carbonyl (C=O) groups is 1. The normalized spacial score (nSPS) is 10.1. The fourth-order valence-electron chi connectivity index (χ4n) is 1.43. The molecule has 0 unspecified atom stereocenters. The predicted octanol–water partition coefficient (Wildman–Crippen LogP) is 0.0915. The summed E-state index contributed by atoms with van der Waals surface area (Å²) in [4.78, 5) is 23.0. The minimum absolute atomic E-state index is 0.0569. The van der Waals surface area contributed by atoms with Crippen molar-refractivity contribution in [3.8, 4) is 5.75 Å². The zero-order valence-corrected chi connectivity index (χ0v) is 12.0. The molecule has 1 aromatic heterocycles. The molecule has 110 valence electrons. The second-order valence-corrected chi connectivity index (χ2v) is 4.84. The smallest absolute Gasteiger partial charge is 0.291 e. The SMILES string of the molecule is COc1ccc(NC(=O)CSc2nncc(=O)n2N)cc1. The lowest BCUT2D eigenvalue weighted by Crippen LogP contribution is -2.30. The maximum atomic E-state index is 11.8. The summed E-state index contributed by atoms with van der Waals surface area (Å²) in [5.74, 6) is 6.00. The Hall–Kier alpha value is -2.55. The van der Waals surface area contributed by atoms with E-state index in [1.165, 1.54) is 0 Å². The number of ether oxygens (including phenoxy) is 1. The summed E-state index contributed by atoms with van der Waals surface area (Å²) in [5, 5.41) is 10.1. The molecule has 0 aliphatic carbocycles. The van der Waals surface area contributed by atoms with Crippen LogP contribution < -0.4 is 21.5 Å². The molecule has 21 heavy (non-hydrogen) atoms. The van der Waals surface area contributed by atoms with Crippen LogP contribution in [-0.2, 0) is 4.79 Å². The molecule has 0 spiro atoms. The van der Waals surface area contributed by atoms with Crippen molar-refractivity contribution in [3.05, 3.63) is 40.8 Å². The van der Waals surface area contributed by atoms with E-state index >= 15 is 0 Å². The molecule has 0 fully saturated rings. The number of nitrogens with one attached hydrogen (secondary N) is 1. The topological polar surface area (TPSA) is 112 Å². The van der Waals surface area contributed by atoms with E-state index in [-0.39, 0.29) is 16.8 Å². The van der Waals surface area contributed by atoms with Crippen LogP contribution in [0, 0.1) is 0 Å². The molecule has 0 atom stereocenters. The zero-order chi connectivity index (χ0) is 15.2. The number of hydrogen-bond donors (Lipinski definition) is 2. The van der Waals surface area contributed by atoms with Crippen LogP contribution in [-0.4, -0.2) is 33.6 Å². The number of amides is 1. The largest absolute Gasteiger partial charge is 0.497 e. The van der Waals surface area contributed by atoms with E-state index in [1.54, 1.807) is 31.4 Å². The molecule has 1 heterocycles. The van der Waals surface area contributed by atoms with Gasteiger partial charge in [0.25, 0.3) is 5.56 Å². The molecule has 2 aromatic rings. The number of thioether (sulfide) groups is 1. The van der Waals surface area contributed by atoms with E-state index < -0.39 is 5.56 Å². The van der Waals surface area contributed by atoms with E-state index in [0.29, 0.717) is 11.4 Å². The monoisotopic (exact) mass is 307 g/mol. The highest BCUT2D eigenvalue weighted by molar-refractivity contribution is 7.99. The second-order valence-electron chi connectivity index (χ2n) is 3.90. The summed E-state index contributed by atoms with van der Waals surface area (Å²) in [6.45, 7) is 0. The first kappa shape index (κ1) is 14.9. The maximum absolute atomic E-state index is 11.8. The molecule has 0 saturated carbocycles. The lowest BCUT2D eigenvalue weighted by Gasteiger charge is -2.07. The predicted molar refractivity (Wildman–Crippen MR) is 78.8 cm³/mol. The molecular weight excluding hydrogens is 294 g/mol. The fraction of sp³-hybridized carbons (Fsp3) is 0.167. The van der Waals surface area contributed by atoms with E-state index in [2.05, 4.69) is 15.5 Å². The van der Waals surface area contributed by atoms with Gasteiger partial charge in [-0.1, -0.05) is 11.8 Å². The Morgan fingerprint density at radius 3 is 2.81 bits per heavy atom. The van der Waals surface area contributed by atoms with Gasteiger partial charge in [0.15, 0.2) is 0 Å². The Labute approximate surface area is 124 Å². The molecular formula is C12H13N5O3S. The number of aromatic nitrogens is 3. The quantitative estimate of drug-likeness (QED) is 0.594. The van der Waals surface area contributed by atoms with Gasteiger partial charge in [0, 0.05) is 5.69 Å². The number of methoxy groups -OCH3 is 1. The first-order chi connectivity index (χ1) is 10.1. The Balaban J connectivity index is 1.92. The van der Waals surface area contributed by atoms with Gasteiger partial charge < -0.3 is 15.9 Å². The minimum Gasteiger partial charge on any atom is -0.497 e. The summed E-state index contributed by atoms with van der Waals surface area (Å²) in [6.07, 6.45) is 1.00. The molecule has 0 aliphatic rings. The van der Waals surface area contributed by atoms with Crippen molar-refractivity contribution in [2.45, 2.75) is 5.16 Å². The van der Waals surface area contributed by atoms with Gasteiger partial charge in [-0.2, -0.15) is 9.77 Å². The van der Waals surface area contributed by atoms with Crippen LogP contribution in [0.3, 0.4) is 0 Å². The second kappa shape index (κ2) is 6.75. The number of carbonyl (C=O) groups excluding carboxylic acids is 1. The summed E-state index contributed by atoms with van der Waals surface area (Å²) >= 11 is 1.02. The van der Waals surface area contributed by atoms with E-state index in [1.807, 2.05) is 0 Å². The van der Waals surface area contributed by atoms with Gasteiger partial charge in [0.2, 0.25) is 11.1 Å². The van der Waals surface area contributed by atoms with Gasteiger partial charge in [-0.3, -0.25) is 9.59 Å². The number of nitrogen functional groups attached to an aromatic ring is 1. The molecule has 3 N–H and O–H groups in total. The summed E-state index contributed by atoms with van der Waals surface area (Å²) in [5.41, 5.74) is 0.161. The van der Waals surface area contributed by atoms with Gasteiger partial charge in [0.05, 0.1) is 12.9 Å². The molecule has 1 aromatic carbocycles. The molecule has 9 heteroatoms. The van der Waals surface area contributed by atoms with Gasteiger partial charge in [0.1, 0.15) is 11.9 Å². The third kappa shape index (κ3) is 3.96. The zero-order valence-electron chi connectivity index (χ0n) is 11.1. The van der Waals surface area contributed by atoms with Gasteiger partial charge in [-0.15, -0.1) is 5.10 Å². The van der Waals surface area contributed by atoms with Crippen LogP contribution in [0.25, 0.3) is 0 Å². The van der Waals surface area contributed by atoms with Gasteiger partial charge in [-0.05, 0) is 24.3 Å². The van der Waals surface area contributed by atoms with Crippen molar-refractivity contribution in [1.82, 2.24) is 14.9 Å². The summed E-state index contributed by atoms with van der Waals surface area (Å²) in [6, 6.07) is 6.93. The molecule has 1 amide bonds. The first-order valence-electron chi connectivity index (χ1n) is 5.86. The number of anilines is 1. The van der Waals surface area contributed by atoms with E-state index in [0.717, 1.165) is 22.6 Å². The highest BCUT2D eigenvalue weighted by atomic mass is 32.2. The molecule has 0 saturated heterocycles. The van der Waals surface area contributed by atoms with Crippen LogP contribution in [0.15, 0.2) is 40.4 Å². The summed E-state index contributed by atoms with van der Waals surface area (Å²) in [7, 11) is 1.57. The highest BCUT2D eigenvalue weighted by Crippen LogP contribution is 2.16. The first-order valence-corrected chi connectivity index (χ1v) is 6.85. The lowest BCUT2D eigenvalue weighted by atomic mass is 10.3. The number of rotatable bonds is 5. The van der Waals surface area contributed by atoms with Crippen molar-refractivity contribution in [2.24, 2.45) is 0 Å². The van der Waals surface area contributed by atoms with Crippen molar-refractivity contribution >= 4 is 23.4 Å². The van der Waals surface area contributed by atoms with E-state index in [4.69, 9.17) is 10.6 Å². The highest BCUT2D eigenvalue weighted by Gasteiger charge is 2.08. The average Bonchev–Trinajstić information content (AvgIpc) is 2.49. The van der Waals surface area contributed by atoms with Crippen LogP contribution in [0.5, 0.6) is 5.75 Å². The summed E-state index contributed by atoms with van der Waals surface area (Å²) < 4.78 is 5.87. The Morgan fingerprint density at radius 1 is 1.43 bits per heavy atom. The maximum Gasteiger partial charge on any atom is 0.291 e. The number of hydrogen-bond acceptors (Lipinski definition) is 7. The third-order valence-electron chi connectivity index (χ3n) is 2.46. The van der Waals surface area contributed by atoms with Crippen molar-refractivity contribution < 1.29 is 9.53 Å². The molecule has 0 radical (unpaired) electrons. The third-order valence-corrected chi connectivity index (χ3v) is 3.40. The van der Waals surface area contributed by atoms with Crippen LogP contribution in [0.2, 0.25) is 0 Å². The minimum atomic E-state index is -0.483. The van der Waals surface area contributed by atoms with Crippen molar-refractivity contribution in [2.75, 3.05) is 24.0 Å². The van der Waals surface area contributed by atoms with Crippen molar-refractivity contribution in [3.63, 3.8) is 0 Å². The molecule has 0 aliphatic heterocycles. The van der Waals surface area contributed by atoms with Gasteiger partial charge >= 0.3 is 0 Å². The number of benzene rings is 1. The standard InChI is InChI=1S/C12H13N5O3S/c1-20-9-4-2-8(3-5-9)15-10(18)7-21-12-16-14-6-11(19)17(12)13/h2-6H,7,13H2,1H3,(H,15,18). The Morgan fingerprint density at radius 2 is 2.14 bits per heavy atom. The number of nitrogens with two attached hydrogens (primary N) is 1. The van der Waals surface area contributed by atoms with E-state index in [9.17, 15) is 9.59 Å². The molecule has 8 nitrogen and oxygen atoms in total. The fourth-order valence-corrected chi connectivity index (χ4v) is 2.10. The van der Waals surface area contributed by atoms with Gasteiger partial charge in [-0.25, -0.2) is 0 Å². The van der Waals surface area contributed by atoms with Crippen LogP contribution >= 0.6 is 11.8 Å². The van der Waals surface area contributed by atoms with Crippen LogP contribution in [0.1, 0.15) is 0 Å². The van der Waals surface area contributed by atoms with Crippen molar-refractivity contribution in [1.29, 1.82) is 0 Å². The molecule has 0 bridgehead atoms.